The van der Waals surface area contributed by atoms with Crippen molar-refractivity contribution in [2.24, 2.45) is 0 Å². The number of fused-ring (bicyclic) bond motifs is 1. The van der Waals surface area contributed by atoms with Crippen LogP contribution in [0.5, 0.6) is 0 Å². The van der Waals surface area contributed by atoms with Crippen LogP contribution in [0.4, 0.5) is 5.82 Å². The summed E-state index contributed by atoms with van der Waals surface area (Å²) in [5, 5.41) is 5.24. The third kappa shape index (κ3) is 3.36. The Bertz CT molecular complexity index is 650. The minimum atomic E-state index is 0.105. The monoisotopic (exact) mass is 320 g/mol. The van der Waals surface area contributed by atoms with Crippen molar-refractivity contribution in [3.8, 4) is 0 Å². The van der Waals surface area contributed by atoms with Gasteiger partial charge in [0.1, 0.15) is 12.1 Å². The molecule has 118 valence electrons. The minimum absolute atomic E-state index is 0.105. The zero-order valence-electron chi connectivity index (χ0n) is 12.8. The summed E-state index contributed by atoms with van der Waals surface area (Å²) < 4.78 is 6.69. The number of hydrogen-bond donors (Lipinski definition) is 1. The van der Waals surface area contributed by atoms with Gasteiger partial charge >= 0.3 is 0 Å². The van der Waals surface area contributed by atoms with Crippen molar-refractivity contribution in [2.45, 2.75) is 32.5 Å². The highest BCUT2D eigenvalue weighted by atomic mass is 32.1. The van der Waals surface area contributed by atoms with Crippen molar-refractivity contribution in [1.82, 2.24) is 14.9 Å². The van der Waals surface area contributed by atoms with E-state index in [1.165, 1.54) is 0 Å². The summed E-state index contributed by atoms with van der Waals surface area (Å²) in [5.74, 6) is 0.961. The molecule has 0 aromatic carbocycles. The number of thiophene rings is 1. The summed E-state index contributed by atoms with van der Waals surface area (Å²) in [6.45, 7) is 5.92. The molecular formula is C15H20N4O2S. The van der Waals surface area contributed by atoms with E-state index in [1.54, 1.807) is 17.7 Å². The highest BCUT2D eigenvalue weighted by Crippen LogP contribution is 2.24. The van der Waals surface area contributed by atoms with E-state index in [-0.39, 0.29) is 18.1 Å². The maximum Gasteiger partial charge on any atom is 0.224 e. The fourth-order valence-electron chi connectivity index (χ4n) is 2.74. The molecule has 6 nitrogen and oxygen atoms in total. The molecule has 2 aromatic rings. The van der Waals surface area contributed by atoms with Crippen LogP contribution < -0.4 is 5.32 Å². The maximum absolute atomic E-state index is 12.3. The van der Waals surface area contributed by atoms with Gasteiger partial charge in [-0.15, -0.1) is 11.3 Å². The lowest BCUT2D eigenvalue weighted by Crippen LogP contribution is -2.48. The zero-order valence-corrected chi connectivity index (χ0v) is 13.6. The molecule has 1 amide bonds. The van der Waals surface area contributed by atoms with Gasteiger partial charge in [0.2, 0.25) is 5.91 Å². The number of nitrogens with zero attached hydrogens (tertiary/aromatic N) is 3. The molecule has 3 rings (SSSR count). The average Bonchev–Trinajstić information content (AvgIpc) is 2.95. The maximum atomic E-state index is 12.3. The first kappa shape index (κ1) is 15.2. The van der Waals surface area contributed by atoms with Crippen LogP contribution in [0, 0.1) is 0 Å². The molecule has 1 aliphatic heterocycles. The van der Waals surface area contributed by atoms with E-state index in [0.29, 0.717) is 26.1 Å². The highest BCUT2D eigenvalue weighted by molar-refractivity contribution is 7.17. The van der Waals surface area contributed by atoms with E-state index in [9.17, 15) is 4.79 Å². The molecule has 0 bridgehead atoms. The molecular weight excluding hydrogens is 300 g/mol. The van der Waals surface area contributed by atoms with Gasteiger partial charge in [-0.05, 0) is 25.3 Å². The van der Waals surface area contributed by atoms with Crippen LogP contribution in [0.15, 0.2) is 17.8 Å². The minimum Gasteiger partial charge on any atom is -0.372 e. The number of rotatable bonds is 4. The summed E-state index contributed by atoms with van der Waals surface area (Å²) in [6, 6.07) is 1.97. The standard InChI is InChI=1S/C15H20N4O2S/c1-10-7-19(8-11(2)21-10)13(20)3-5-16-15-14-12(4-6-22-14)17-9-18-15/h4,6,9-11H,3,5,7-8H2,1-2H3,(H,16,17,18)/t10-,11+. The van der Waals surface area contributed by atoms with Crippen molar-refractivity contribution in [1.29, 1.82) is 0 Å². The normalized spacial score (nSPS) is 22.0. The number of anilines is 1. The summed E-state index contributed by atoms with van der Waals surface area (Å²) >= 11 is 1.60. The largest absolute Gasteiger partial charge is 0.372 e. The third-order valence-electron chi connectivity index (χ3n) is 3.65. The Morgan fingerprint density at radius 2 is 2.18 bits per heavy atom. The molecule has 3 heterocycles. The number of ether oxygens (including phenoxy) is 1. The lowest BCUT2D eigenvalue weighted by molar-refractivity contribution is -0.142. The van der Waals surface area contributed by atoms with Crippen LogP contribution in [0.3, 0.4) is 0 Å². The summed E-state index contributed by atoms with van der Waals surface area (Å²) in [7, 11) is 0. The number of nitrogens with one attached hydrogen (secondary N) is 1. The lowest BCUT2D eigenvalue weighted by Gasteiger charge is -2.35. The average molecular weight is 320 g/mol. The second-order valence-corrected chi connectivity index (χ2v) is 6.51. The molecule has 22 heavy (non-hydrogen) atoms. The van der Waals surface area contributed by atoms with Gasteiger partial charge < -0.3 is 15.0 Å². The molecule has 2 aromatic heterocycles. The van der Waals surface area contributed by atoms with Crippen molar-refractivity contribution < 1.29 is 9.53 Å². The number of amides is 1. The van der Waals surface area contributed by atoms with Crippen LogP contribution in [-0.4, -0.2) is 52.6 Å². The summed E-state index contributed by atoms with van der Waals surface area (Å²) in [5.41, 5.74) is 0.935. The van der Waals surface area contributed by atoms with Gasteiger partial charge in [-0.1, -0.05) is 0 Å². The van der Waals surface area contributed by atoms with E-state index in [2.05, 4.69) is 15.3 Å². The number of carbonyl (C=O) groups excluding carboxylic acids is 1. The van der Waals surface area contributed by atoms with E-state index in [4.69, 9.17) is 4.74 Å². The lowest BCUT2D eigenvalue weighted by atomic mass is 10.2. The molecule has 2 atom stereocenters. The molecule has 1 fully saturated rings. The van der Waals surface area contributed by atoms with E-state index < -0.39 is 0 Å². The van der Waals surface area contributed by atoms with E-state index >= 15 is 0 Å². The van der Waals surface area contributed by atoms with Crippen molar-refractivity contribution in [3.63, 3.8) is 0 Å². The Balaban J connectivity index is 1.54. The zero-order chi connectivity index (χ0) is 15.5. The SMILES string of the molecule is C[C@@H]1CN(C(=O)CCNc2ncnc3ccsc23)C[C@H](C)O1. The highest BCUT2D eigenvalue weighted by Gasteiger charge is 2.25. The third-order valence-corrected chi connectivity index (χ3v) is 4.56. The van der Waals surface area contributed by atoms with Crippen LogP contribution >= 0.6 is 11.3 Å². The fraction of sp³-hybridized carbons (Fsp3) is 0.533. The Morgan fingerprint density at radius 3 is 2.95 bits per heavy atom. The molecule has 0 unspecified atom stereocenters. The molecule has 1 saturated heterocycles. The van der Waals surface area contributed by atoms with Crippen LogP contribution in [-0.2, 0) is 9.53 Å². The van der Waals surface area contributed by atoms with E-state index in [0.717, 1.165) is 16.0 Å². The molecule has 0 saturated carbocycles. The topological polar surface area (TPSA) is 67.4 Å². The molecule has 1 N–H and O–H groups in total. The number of morpholine rings is 1. The first-order valence-electron chi connectivity index (χ1n) is 7.49. The first-order chi connectivity index (χ1) is 10.6. The van der Waals surface area contributed by atoms with Gasteiger partial charge in [-0.3, -0.25) is 4.79 Å². The predicted molar refractivity (Wildman–Crippen MR) is 87.1 cm³/mol. The van der Waals surface area contributed by atoms with Crippen molar-refractivity contribution in [2.75, 3.05) is 25.0 Å². The van der Waals surface area contributed by atoms with Gasteiger partial charge in [-0.2, -0.15) is 0 Å². The number of hydrogen-bond acceptors (Lipinski definition) is 6. The molecule has 1 aliphatic rings. The smallest absolute Gasteiger partial charge is 0.224 e. The van der Waals surface area contributed by atoms with Gasteiger partial charge in [0.15, 0.2) is 0 Å². The molecule has 0 radical (unpaired) electrons. The Hall–Kier alpha value is -1.73. The Kier molecular flexibility index (Phi) is 4.54. The van der Waals surface area contributed by atoms with Gasteiger partial charge in [-0.25, -0.2) is 9.97 Å². The first-order valence-corrected chi connectivity index (χ1v) is 8.36. The van der Waals surface area contributed by atoms with Crippen molar-refractivity contribution >= 4 is 33.3 Å². The quantitative estimate of drug-likeness (QED) is 0.935. The predicted octanol–water partition coefficient (Wildman–Crippen LogP) is 2.13. The van der Waals surface area contributed by atoms with Gasteiger partial charge in [0, 0.05) is 26.1 Å². The van der Waals surface area contributed by atoms with Crippen LogP contribution in [0.1, 0.15) is 20.3 Å². The van der Waals surface area contributed by atoms with Crippen molar-refractivity contribution in [3.05, 3.63) is 17.8 Å². The number of aromatic nitrogens is 2. The Labute approximate surface area is 133 Å². The second kappa shape index (κ2) is 6.58. The summed E-state index contributed by atoms with van der Waals surface area (Å²) in [4.78, 5) is 22.6. The summed E-state index contributed by atoms with van der Waals surface area (Å²) in [6.07, 6.45) is 2.21. The van der Waals surface area contributed by atoms with Crippen LogP contribution in [0.25, 0.3) is 10.2 Å². The Morgan fingerprint density at radius 1 is 1.41 bits per heavy atom. The second-order valence-electron chi connectivity index (χ2n) is 5.59. The molecule has 7 heteroatoms. The molecule has 0 spiro atoms. The van der Waals surface area contributed by atoms with Gasteiger partial charge in [0.05, 0.1) is 22.4 Å². The number of carbonyl (C=O) groups is 1. The van der Waals surface area contributed by atoms with E-state index in [1.807, 2.05) is 30.2 Å². The van der Waals surface area contributed by atoms with Gasteiger partial charge in [0.25, 0.3) is 0 Å². The van der Waals surface area contributed by atoms with Crippen LogP contribution in [0.2, 0.25) is 0 Å². The fourth-order valence-corrected chi connectivity index (χ4v) is 3.55. The molecule has 0 aliphatic carbocycles.